The first-order chi connectivity index (χ1) is 5.97. The van der Waals surface area contributed by atoms with E-state index >= 15 is 0 Å². The molecular formula is C7H12F3N3. The number of nitrogens with one attached hydrogen (secondary N) is 2. The minimum Gasteiger partial charge on any atom is -0.355 e. The lowest BCUT2D eigenvalue weighted by atomic mass is 10.2. The van der Waals surface area contributed by atoms with Crippen molar-refractivity contribution in [1.29, 1.82) is 0 Å². The van der Waals surface area contributed by atoms with Crippen LogP contribution in [0.1, 0.15) is 13.3 Å². The molecule has 0 saturated heterocycles. The van der Waals surface area contributed by atoms with Gasteiger partial charge >= 0.3 is 6.18 Å². The zero-order valence-corrected chi connectivity index (χ0v) is 7.28. The molecule has 0 aliphatic carbocycles. The van der Waals surface area contributed by atoms with Crippen molar-refractivity contribution in [3.63, 3.8) is 0 Å². The molecule has 1 atom stereocenters. The second kappa shape index (κ2) is 3.85. The minimum absolute atomic E-state index is 0.469. The van der Waals surface area contributed by atoms with Gasteiger partial charge in [-0.05, 0) is 6.92 Å². The predicted molar refractivity (Wildman–Crippen MR) is 43.6 cm³/mol. The highest BCUT2D eigenvalue weighted by atomic mass is 19.4. The van der Waals surface area contributed by atoms with Crippen LogP contribution in [-0.2, 0) is 0 Å². The number of rotatable bonds is 2. The summed E-state index contributed by atoms with van der Waals surface area (Å²) in [6, 6.07) is -0.635. The maximum absolute atomic E-state index is 11.9. The Labute approximate surface area is 74.4 Å². The van der Waals surface area contributed by atoms with Gasteiger partial charge in [-0.1, -0.05) is 0 Å². The first kappa shape index (κ1) is 10.1. The fourth-order valence-corrected chi connectivity index (χ4v) is 1.13. The number of aliphatic imine (C=N–C) groups is 1. The third kappa shape index (κ3) is 4.00. The zero-order valence-electron chi connectivity index (χ0n) is 7.28. The molecule has 0 amide bonds. The van der Waals surface area contributed by atoms with Crippen LogP contribution in [-0.4, -0.2) is 31.3 Å². The van der Waals surface area contributed by atoms with Gasteiger partial charge in [0.05, 0.1) is 13.0 Å². The van der Waals surface area contributed by atoms with E-state index in [9.17, 15) is 13.2 Å². The average molecular weight is 195 g/mol. The normalized spacial score (nSPS) is 19.2. The van der Waals surface area contributed by atoms with Crippen molar-refractivity contribution in [1.82, 2.24) is 10.6 Å². The maximum Gasteiger partial charge on any atom is 0.391 e. The smallest absolute Gasteiger partial charge is 0.355 e. The van der Waals surface area contributed by atoms with Gasteiger partial charge in [0.15, 0.2) is 5.96 Å². The largest absolute Gasteiger partial charge is 0.391 e. The molecule has 1 aliphatic rings. The van der Waals surface area contributed by atoms with Crippen molar-refractivity contribution in [3.8, 4) is 0 Å². The summed E-state index contributed by atoms with van der Waals surface area (Å²) >= 11 is 0. The van der Waals surface area contributed by atoms with Gasteiger partial charge in [-0.15, -0.1) is 0 Å². The molecule has 0 saturated carbocycles. The van der Waals surface area contributed by atoms with Crippen LogP contribution in [0.5, 0.6) is 0 Å². The number of guanidine groups is 1. The van der Waals surface area contributed by atoms with Crippen molar-refractivity contribution in [2.75, 3.05) is 13.1 Å². The molecule has 13 heavy (non-hydrogen) atoms. The molecule has 1 aliphatic heterocycles. The molecule has 0 fully saturated rings. The van der Waals surface area contributed by atoms with E-state index in [1.54, 1.807) is 0 Å². The molecular weight excluding hydrogens is 183 g/mol. The Balaban J connectivity index is 2.28. The fraction of sp³-hybridized carbons (Fsp3) is 0.857. The quantitative estimate of drug-likeness (QED) is 0.686. The second-order valence-corrected chi connectivity index (χ2v) is 3.02. The van der Waals surface area contributed by atoms with Crippen molar-refractivity contribution in [2.45, 2.75) is 25.6 Å². The molecule has 0 radical (unpaired) electrons. The van der Waals surface area contributed by atoms with Crippen LogP contribution in [0, 0.1) is 0 Å². The minimum atomic E-state index is -4.12. The second-order valence-electron chi connectivity index (χ2n) is 3.02. The van der Waals surface area contributed by atoms with Crippen molar-refractivity contribution in [2.24, 2.45) is 4.99 Å². The summed E-state index contributed by atoms with van der Waals surface area (Å²) in [5, 5.41) is 5.50. The summed E-state index contributed by atoms with van der Waals surface area (Å²) in [4.78, 5) is 3.93. The average Bonchev–Trinajstić information content (AvgIpc) is 2.34. The third-order valence-electron chi connectivity index (χ3n) is 1.59. The van der Waals surface area contributed by atoms with Gasteiger partial charge in [0.2, 0.25) is 0 Å². The number of hydrogen-bond acceptors (Lipinski definition) is 3. The molecule has 6 heteroatoms. The summed E-state index contributed by atoms with van der Waals surface area (Å²) in [6.07, 6.45) is -4.96. The molecule has 0 aromatic heterocycles. The van der Waals surface area contributed by atoms with Gasteiger partial charge in [-0.3, -0.25) is 4.99 Å². The highest BCUT2D eigenvalue weighted by molar-refractivity contribution is 5.81. The van der Waals surface area contributed by atoms with Crippen LogP contribution in [0.25, 0.3) is 0 Å². The Morgan fingerprint density at radius 1 is 1.62 bits per heavy atom. The van der Waals surface area contributed by atoms with Crippen LogP contribution in [0.15, 0.2) is 4.99 Å². The van der Waals surface area contributed by atoms with Crippen molar-refractivity contribution in [3.05, 3.63) is 0 Å². The number of halogens is 3. The lowest BCUT2D eigenvalue weighted by Crippen LogP contribution is -2.41. The SMILES string of the molecule is CC(CC(F)(F)F)NC1=NCCN1. The predicted octanol–water partition coefficient (Wildman–Crippen LogP) is 0.876. The van der Waals surface area contributed by atoms with E-state index in [-0.39, 0.29) is 0 Å². The third-order valence-corrected chi connectivity index (χ3v) is 1.59. The van der Waals surface area contributed by atoms with Gasteiger partial charge in [0, 0.05) is 12.6 Å². The van der Waals surface area contributed by atoms with E-state index in [1.165, 1.54) is 6.92 Å². The Morgan fingerprint density at radius 2 is 2.31 bits per heavy atom. The fourth-order valence-electron chi connectivity index (χ4n) is 1.13. The van der Waals surface area contributed by atoms with E-state index in [0.29, 0.717) is 19.0 Å². The van der Waals surface area contributed by atoms with Crippen LogP contribution in [0.3, 0.4) is 0 Å². The van der Waals surface area contributed by atoms with Gasteiger partial charge in [-0.2, -0.15) is 13.2 Å². The first-order valence-corrected chi connectivity index (χ1v) is 4.09. The molecule has 3 nitrogen and oxygen atoms in total. The molecule has 1 unspecified atom stereocenters. The molecule has 76 valence electrons. The zero-order chi connectivity index (χ0) is 9.90. The Kier molecular flexibility index (Phi) is 3.00. The Hall–Kier alpha value is -0.940. The Morgan fingerprint density at radius 3 is 2.77 bits per heavy atom. The standard InChI is InChI=1S/C7H12F3N3/c1-5(4-7(8,9)10)13-6-11-2-3-12-6/h5H,2-4H2,1H3,(H2,11,12,13). The number of alkyl halides is 3. The lowest BCUT2D eigenvalue weighted by molar-refractivity contribution is -0.138. The van der Waals surface area contributed by atoms with E-state index in [0.717, 1.165) is 0 Å². The molecule has 0 spiro atoms. The van der Waals surface area contributed by atoms with Crippen LogP contribution in [0.2, 0.25) is 0 Å². The van der Waals surface area contributed by atoms with Gasteiger partial charge in [-0.25, -0.2) is 0 Å². The molecule has 0 bridgehead atoms. The van der Waals surface area contributed by atoms with Crippen LogP contribution >= 0.6 is 0 Å². The highest BCUT2D eigenvalue weighted by Crippen LogP contribution is 2.21. The van der Waals surface area contributed by atoms with Gasteiger partial charge < -0.3 is 10.6 Å². The summed E-state index contributed by atoms with van der Waals surface area (Å²) in [6.45, 7) is 2.80. The lowest BCUT2D eigenvalue weighted by Gasteiger charge is -2.16. The molecule has 0 aromatic rings. The Bertz CT molecular complexity index is 200. The molecule has 2 N–H and O–H groups in total. The molecule has 0 aromatic carbocycles. The maximum atomic E-state index is 11.9. The number of hydrogen-bond donors (Lipinski definition) is 2. The van der Waals surface area contributed by atoms with Crippen molar-refractivity contribution >= 4 is 5.96 Å². The summed E-state index contributed by atoms with van der Waals surface area (Å²) in [5.74, 6) is 0.469. The molecule has 1 heterocycles. The van der Waals surface area contributed by atoms with Crippen LogP contribution in [0.4, 0.5) is 13.2 Å². The number of nitrogens with zero attached hydrogens (tertiary/aromatic N) is 1. The van der Waals surface area contributed by atoms with E-state index in [4.69, 9.17) is 0 Å². The monoisotopic (exact) mass is 195 g/mol. The first-order valence-electron chi connectivity index (χ1n) is 4.09. The van der Waals surface area contributed by atoms with Gasteiger partial charge in [0.1, 0.15) is 0 Å². The molecule has 1 rings (SSSR count). The van der Waals surface area contributed by atoms with E-state index in [2.05, 4.69) is 15.6 Å². The summed E-state index contributed by atoms with van der Waals surface area (Å²) < 4.78 is 35.6. The van der Waals surface area contributed by atoms with Crippen molar-refractivity contribution < 1.29 is 13.2 Å². The summed E-state index contributed by atoms with van der Waals surface area (Å²) in [7, 11) is 0. The van der Waals surface area contributed by atoms with Gasteiger partial charge in [0.25, 0.3) is 0 Å². The topological polar surface area (TPSA) is 36.4 Å². The van der Waals surface area contributed by atoms with E-state index in [1.807, 2.05) is 0 Å². The highest BCUT2D eigenvalue weighted by Gasteiger charge is 2.30. The van der Waals surface area contributed by atoms with Crippen LogP contribution < -0.4 is 10.6 Å². The summed E-state index contributed by atoms with van der Waals surface area (Å²) in [5.41, 5.74) is 0. The van der Waals surface area contributed by atoms with E-state index < -0.39 is 18.6 Å².